The van der Waals surface area contributed by atoms with E-state index in [0.717, 1.165) is 5.56 Å². The molecule has 1 heterocycles. The van der Waals surface area contributed by atoms with Gasteiger partial charge in [0.15, 0.2) is 0 Å². The summed E-state index contributed by atoms with van der Waals surface area (Å²) in [5.74, 6) is 0.191. The van der Waals surface area contributed by atoms with Crippen molar-refractivity contribution in [2.45, 2.75) is 11.7 Å². The summed E-state index contributed by atoms with van der Waals surface area (Å²) in [6.07, 6.45) is 0. The quantitative estimate of drug-likeness (QED) is 0.837. The maximum absolute atomic E-state index is 12.8. The molecular weight excluding hydrogens is 379 g/mol. The van der Waals surface area contributed by atoms with Crippen LogP contribution in [-0.4, -0.2) is 32.4 Å². The first-order valence-corrected chi connectivity index (χ1v) is 9.96. The molecule has 7 heteroatoms. The Hall–Kier alpha value is -1.11. The van der Waals surface area contributed by atoms with Crippen molar-refractivity contribution in [3.05, 3.63) is 70.7 Å². The Morgan fingerprint density at radius 3 is 2.32 bits per heavy atom. The monoisotopic (exact) mass is 400 g/mol. The molecule has 2 aromatic carbocycles. The van der Waals surface area contributed by atoms with Crippen molar-refractivity contribution in [2.75, 3.05) is 19.6 Å². The van der Waals surface area contributed by atoms with Gasteiger partial charge in [-0.25, -0.2) is 12.7 Å². The number of benzene rings is 2. The summed E-state index contributed by atoms with van der Waals surface area (Å²) in [5, 5.41) is 0.482. The molecular formula is C18H22Cl2N2O2S. The minimum atomic E-state index is -3.43. The number of hydrogen-bond donors (Lipinski definition) is 1. The van der Waals surface area contributed by atoms with Gasteiger partial charge in [-0.15, -0.1) is 12.4 Å². The maximum atomic E-state index is 12.8. The Morgan fingerprint density at radius 1 is 1.04 bits per heavy atom. The van der Waals surface area contributed by atoms with E-state index < -0.39 is 10.0 Å². The summed E-state index contributed by atoms with van der Waals surface area (Å²) in [6, 6.07) is 17.1. The summed E-state index contributed by atoms with van der Waals surface area (Å²) in [4.78, 5) is 0. The third-order valence-corrected chi connectivity index (χ3v) is 6.76. The predicted molar refractivity (Wildman–Crippen MR) is 105 cm³/mol. The average Bonchev–Trinajstić information content (AvgIpc) is 3.03. The van der Waals surface area contributed by atoms with Crippen molar-refractivity contribution in [1.29, 1.82) is 0 Å². The maximum Gasteiger partial charge on any atom is 0.218 e. The van der Waals surface area contributed by atoms with Crippen molar-refractivity contribution in [1.82, 2.24) is 4.31 Å². The molecule has 2 aromatic rings. The predicted octanol–water partition coefficient (Wildman–Crippen LogP) is 3.27. The zero-order valence-electron chi connectivity index (χ0n) is 13.7. The molecule has 2 N–H and O–H groups in total. The third-order valence-electron chi connectivity index (χ3n) is 4.63. The second kappa shape index (κ2) is 8.52. The Morgan fingerprint density at radius 2 is 1.68 bits per heavy atom. The molecule has 1 saturated heterocycles. The normalized spacial score (nSPS) is 21.0. The molecule has 0 aliphatic carbocycles. The molecule has 0 aromatic heterocycles. The highest BCUT2D eigenvalue weighted by Crippen LogP contribution is 2.34. The van der Waals surface area contributed by atoms with E-state index >= 15 is 0 Å². The minimum absolute atomic E-state index is 0. The number of nitrogens with two attached hydrogens (primary N) is 1. The van der Waals surface area contributed by atoms with Gasteiger partial charge in [-0.2, -0.15) is 0 Å². The van der Waals surface area contributed by atoms with Crippen molar-refractivity contribution < 1.29 is 8.42 Å². The second-order valence-electron chi connectivity index (χ2n) is 6.18. The van der Waals surface area contributed by atoms with Crippen LogP contribution in [0.3, 0.4) is 0 Å². The van der Waals surface area contributed by atoms with Crippen LogP contribution < -0.4 is 5.73 Å². The van der Waals surface area contributed by atoms with Gasteiger partial charge in [0.2, 0.25) is 10.0 Å². The standard InChI is InChI=1S/C18H21ClN2O2S.ClH/c19-18-9-5-4-8-15(18)13-24(22,23)21-11-16(10-20)17(12-21)14-6-2-1-3-7-14;/h1-9,16-17H,10-13,20H2;1H/t16-,17+;/m1./s1. The molecule has 0 saturated carbocycles. The fraction of sp³-hybridized carbons (Fsp3) is 0.333. The van der Waals surface area contributed by atoms with E-state index in [0.29, 0.717) is 30.2 Å². The Bertz CT molecular complexity index is 800. The molecule has 0 radical (unpaired) electrons. The molecule has 0 spiro atoms. The van der Waals surface area contributed by atoms with Crippen molar-refractivity contribution >= 4 is 34.0 Å². The first-order chi connectivity index (χ1) is 11.5. The van der Waals surface area contributed by atoms with Gasteiger partial charge < -0.3 is 5.73 Å². The lowest BCUT2D eigenvalue weighted by molar-refractivity contribution is 0.458. The zero-order chi connectivity index (χ0) is 17.2. The molecule has 1 aliphatic rings. The van der Waals surface area contributed by atoms with Crippen LogP contribution in [0.25, 0.3) is 0 Å². The number of sulfonamides is 1. The minimum Gasteiger partial charge on any atom is -0.330 e. The summed E-state index contributed by atoms with van der Waals surface area (Å²) in [7, 11) is -3.43. The fourth-order valence-electron chi connectivity index (χ4n) is 3.28. The van der Waals surface area contributed by atoms with Crippen LogP contribution in [-0.2, 0) is 15.8 Å². The highest BCUT2D eigenvalue weighted by Gasteiger charge is 2.38. The average molecular weight is 401 g/mol. The molecule has 3 rings (SSSR count). The van der Waals surface area contributed by atoms with Crippen LogP contribution in [0, 0.1) is 5.92 Å². The van der Waals surface area contributed by atoms with E-state index in [-0.39, 0.29) is 30.0 Å². The summed E-state index contributed by atoms with van der Waals surface area (Å²) >= 11 is 6.11. The second-order valence-corrected chi connectivity index (χ2v) is 8.55. The summed E-state index contributed by atoms with van der Waals surface area (Å²) < 4.78 is 27.2. The number of rotatable bonds is 5. The van der Waals surface area contributed by atoms with Gasteiger partial charge in [-0.1, -0.05) is 60.1 Å². The van der Waals surface area contributed by atoms with Gasteiger partial charge in [0.05, 0.1) is 5.75 Å². The molecule has 136 valence electrons. The molecule has 1 fully saturated rings. The van der Waals surface area contributed by atoms with Crippen molar-refractivity contribution in [3.8, 4) is 0 Å². The van der Waals surface area contributed by atoms with Crippen LogP contribution in [0.1, 0.15) is 17.0 Å². The van der Waals surface area contributed by atoms with Crippen LogP contribution in [0.4, 0.5) is 0 Å². The third kappa shape index (κ3) is 4.54. The molecule has 0 bridgehead atoms. The van der Waals surface area contributed by atoms with Gasteiger partial charge in [-0.05, 0) is 29.7 Å². The molecule has 4 nitrogen and oxygen atoms in total. The van der Waals surface area contributed by atoms with E-state index in [1.165, 1.54) is 0 Å². The molecule has 2 atom stereocenters. The van der Waals surface area contributed by atoms with E-state index in [2.05, 4.69) is 0 Å². The van der Waals surface area contributed by atoms with Gasteiger partial charge in [-0.3, -0.25) is 0 Å². The number of halogens is 2. The molecule has 25 heavy (non-hydrogen) atoms. The van der Waals surface area contributed by atoms with Crippen molar-refractivity contribution in [2.24, 2.45) is 11.7 Å². The number of hydrogen-bond acceptors (Lipinski definition) is 3. The molecule has 1 aliphatic heterocycles. The Balaban J connectivity index is 0.00000225. The SMILES string of the molecule is Cl.NC[C@@H]1CN(S(=O)(=O)Cc2ccccc2Cl)C[C@H]1c1ccccc1. The van der Waals surface area contributed by atoms with Crippen LogP contribution in [0.15, 0.2) is 54.6 Å². The van der Waals surface area contributed by atoms with Crippen LogP contribution in [0.5, 0.6) is 0 Å². The molecule has 0 unspecified atom stereocenters. The fourth-order valence-corrected chi connectivity index (χ4v) is 5.19. The topological polar surface area (TPSA) is 63.4 Å². The van der Waals surface area contributed by atoms with E-state index in [9.17, 15) is 8.42 Å². The van der Waals surface area contributed by atoms with Gasteiger partial charge in [0.25, 0.3) is 0 Å². The highest BCUT2D eigenvalue weighted by molar-refractivity contribution is 7.88. The van der Waals surface area contributed by atoms with Crippen molar-refractivity contribution in [3.63, 3.8) is 0 Å². The van der Waals surface area contributed by atoms with E-state index in [1.54, 1.807) is 28.6 Å². The molecule has 0 amide bonds. The summed E-state index contributed by atoms with van der Waals surface area (Å²) in [6.45, 7) is 1.40. The zero-order valence-corrected chi connectivity index (χ0v) is 16.1. The first-order valence-electron chi connectivity index (χ1n) is 7.97. The van der Waals surface area contributed by atoms with E-state index in [4.69, 9.17) is 17.3 Å². The largest absolute Gasteiger partial charge is 0.330 e. The smallest absolute Gasteiger partial charge is 0.218 e. The highest BCUT2D eigenvalue weighted by atomic mass is 35.5. The lowest BCUT2D eigenvalue weighted by atomic mass is 9.89. The Labute approximate surface area is 160 Å². The van der Waals surface area contributed by atoms with Gasteiger partial charge >= 0.3 is 0 Å². The number of nitrogens with zero attached hydrogens (tertiary/aromatic N) is 1. The lowest BCUT2D eigenvalue weighted by Crippen LogP contribution is -2.31. The van der Waals surface area contributed by atoms with Crippen LogP contribution >= 0.6 is 24.0 Å². The van der Waals surface area contributed by atoms with Crippen LogP contribution in [0.2, 0.25) is 5.02 Å². The lowest BCUT2D eigenvalue weighted by Gasteiger charge is -2.17. The first kappa shape index (κ1) is 20.2. The Kier molecular flexibility index (Phi) is 6.88. The van der Waals surface area contributed by atoms with Gasteiger partial charge in [0, 0.05) is 24.0 Å². The summed E-state index contributed by atoms with van der Waals surface area (Å²) in [5.41, 5.74) is 7.67. The van der Waals surface area contributed by atoms with E-state index in [1.807, 2.05) is 30.3 Å². The van der Waals surface area contributed by atoms with Gasteiger partial charge in [0.1, 0.15) is 0 Å².